The van der Waals surface area contributed by atoms with E-state index in [-0.39, 0.29) is 30.7 Å². The first-order chi connectivity index (χ1) is 9.39. The van der Waals surface area contributed by atoms with Gasteiger partial charge in [-0.1, -0.05) is 0 Å². The van der Waals surface area contributed by atoms with Crippen LogP contribution < -0.4 is 0 Å². The summed E-state index contributed by atoms with van der Waals surface area (Å²) in [4.78, 5) is 14.4. The topological polar surface area (TPSA) is 40.5 Å². The molecule has 1 saturated heterocycles. The molecule has 2 fully saturated rings. The molecule has 20 heavy (non-hydrogen) atoms. The summed E-state index contributed by atoms with van der Waals surface area (Å²) in [6, 6.07) is 0.0821. The van der Waals surface area contributed by atoms with Gasteiger partial charge in [-0.15, -0.1) is 0 Å². The quantitative estimate of drug-likeness (QED) is 0.867. The molecule has 0 spiro atoms. The molecule has 0 aromatic heterocycles. The summed E-state index contributed by atoms with van der Waals surface area (Å²) < 4.78 is 26.3. The molecule has 0 bridgehead atoms. The van der Waals surface area contributed by atoms with Gasteiger partial charge in [-0.2, -0.15) is 0 Å². The molecule has 0 radical (unpaired) electrons. The van der Waals surface area contributed by atoms with Crippen molar-refractivity contribution in [1.82, 2.24) is 4.90 Å². The number of alkyl halides is 2. The zero-order chi connectivity index (χ0) is 14.8. The number of piperidine rings is 1. The Balaban J connectivity index is 1.95. The first kappa shape index (κ1) is 15.7. The van der Waals surface area contributed by atoms with Gasteiger partial charge in [-0.25, -0.2) is 8.78 Å². The molecule has 3 nitrogen and oxygen atoms in total. The van der Waals surface area contributed by atoms with E-state index in [1.165, 1.54) is 0 Å². The number of halogens is 2. The van der Waals surface area contributed by atoms with Gasteiger partial charge >= 0.3 is 0 Å². The van der Waals surface area contributed by atoms with Gasteiger partial charge in [-0.3, -0.25) is 4.79 Å². The average molecular weight is 289 g/mol. The highest BCUT2D eigenvalue weighted by atomic mass is 19.3. The molecule has 1 heterocycles. The van der Waals surface area contributed by atoms with Crippen LogP contribution in [0.25, 0.3) is 0 Å². The van der Waals surface area contributed by atoms with Crippen LogP contribution in [-0.2, 0) is 4.79 Å². The molecule has 0 aromatic rings. The fourth-order valence-corrected chi connectivity index (χ4v) is 3.45. The van der Waals surface area contributed by atoms with Crippen LogP contribution in [0.1, 0.15) is 58.3 Å². The number of carbonyl (C=O) groups excluding carboxylic acids is 1. The van der Waals surface area contributed by atoms with Crippen molar-refractivity contribution in [1.29, 1.82) is 0 Å². The van der Waals surface area contributed by atoms with Crippen molar-refractivity contribution < 1.29 is 18.7 Å². The minimum atomic E-state index is -2.59. The van der Waals surface area contributed by atoms with Gasteiger partial charge < -0.3 is 10.0 Å². The second kappa shape index (κ2) is 6.37. The van der Waals surface area contributed by atoms with Gasteiger partial charge in [0, 0.05) is 31.3 Å². The summed E-state index contributed by atoms with van der Waals surface area (Å²) >= 11 is 0. The van der Waals surface area contributed by atoms with Crippen LogP contribution in [0.4, 0.5) is 8.78 Å². The molecule has 1 saturated carbocycles. The lowest BCUT2D eigenvalue weighted by Crippen LogP contribution is -2.48. The fraction of sp³-hybridized carbons (Fsp3) is 0.933. The number of hydrogen-bond donors (Lipinski definition) is 1. The average Bonchev–Trinajstić information content (AvgIpc) is 2.38. The number of aliphatic hydroxyl groups excluding tert-OH is 1. The van der Waals surface area contributed by atoms with Crippen LogP contribution in [0, 0.1) is 5.92 Å². The van der Waals surface area contributed by atoms with E-state index in [4.69, 9.17) is 0 Å². The van der Waals surface area contributed by atoms with E-state index in [2.05, 4.69) is 0 Å². The highest BCUT2D eigenvalue weighted by Crippen LogP contribution is 2.37. The molecule has 0 aromatic carbocycles. The second-order valence-electron chi connectivity index (χ2n) is 6.40. The van der Waals surface area contributed by atoms with Crippen molar-refractivity contribution in [2.75, 3.05) is 6.54 Å². The van der Waals surface area contributed by atoms with Crippen molar-refractivity contribution in [2.24, 2.45) is 5.92 Å². The van der Waals surface area contributed by atoms with E-state index in [1.54, 1.807) is 6.92 Å². The van der Waals surface area contributed by atoms with Gasteiger partial charge in [0.15, 0.2) is 0 Å². The lowest BCUT2D eigenvalue weighted by molar-refractivity contribution is -0.144. The number of hydrogen-bond acceptors (Lipinski definition) is 2. The summed E-state index contributed by atoms with van der Waals surface area (Å²) in [5, 5.41) is 9.55. The summed E-state index contributed by atoms with van der Waals surface area (Å²) in [6.45, 7) is 2.45. The van der Waals surface area contributed by atoms with Gasteiger partial charge in [-0.05, 0) is 45.4 Å². The molecule has 1 amide bonds. The van der Waals surface area contributed by atoms with Crippen LogP contribution in [-0.4, -0.2) is 40.5 Å². The normalized spacial score (nSPS) is 29.2. The SMILES string of the molecule is CC(O)CC1CCCCN1C(=O)C1CCC(F)(F)CC1. The highest BCUT2D eigenvalue weighted by molar-refractivity contribution is 5.79. The Morgan fingerprint density at radius 2 is 1.95 bits per heavy atom. The molecule has 1 aliphatic carbocycles. The molecular formula is C15H25F2NO2. The molecule has 5 heteroatoms. The molecule has 2 unspecified atom stereocenters. The summed E-state index contributed by atoms with van der Waals surface area (Å²) in [6.07, 6.45) is 3.39. The number of rotatable bonds is 3. The van der Waals surface area contributed by atoms with E-state index < -0.39 is 12.0 Å². The minimum Gasteiger partial charge on any atom is -0.393 e. The predicted molar refractivity (Wildman–Crippen MR) is 72.6 cm³/mol. The standard InChI is InChI=1S/C15H25F2NO2/c1-11(19)10-13-4-2-3-9-18(13)14(20)12-5-7-15(16,17)8-6-12/h11-13,19H,2-10H2,1H3. The van der Waals surface area contributed by atoms with Crippen molar-refractivity contribution in [3.63, 3.8) is 0 Å². The van der Waals surface area contributed by atoms with Crippen LogP contribution in [0.2, 0.25) is 0 Å². The number of likely N-dealkylation sites (tertiary alicyclic amines) is 1. The van der Waals surface area contributed by atoms with Gasteiger partial charge in [0.05, 0.1) is 6.10 Å². The third-order valence-electron chi connectivity index (χ3n) is 4.59. The molecule has 2 aliphatic rings. The van der Waals surface area contributed by atoms with Crippen molar-refractivity contribution >= 4 is 5.91 Å². The molecule has 2 rings (SSSR count). The van der Waals surface area contributed by atoms with Crippen molar-refractivity contribution in [2.45, 2.75) is 76.4 Å². The molecule has 1 aliphatic heterocycles. The Hall–Kier alpha value is -0.710. The van der Waals surface area contributed by atoms with Crippen LogP contribution in [0.5, 0.6) is 0 Å². The van der Waals surface area contributed by atoms with Crippen molar-refractivity contribution in [3.8, 4) is 0 Å². The zero-order valence-corrected chi connectivity index (χ0v) is 12.2. The lowest BCUT2D eigenvalue weighted by atomic mass is 9.84. The van der Waals surface area contributed by atoms with Crippen LogP contribution >= 0.6 is 0 Å². The Morgan fingerprint density at radius 1 is 1.30 bits per heavy atom. The Labute approximate surface area is 119 Å². The summed E-state index contributed by atoms with van der Waals surface area (Å²) in [5.41, 5.74) is 0. The maximum Gasteiger partial charge on any atom is 0.248 e. The van der Waals surface area contributed by atoms with E-state index in [1.807, 2.05) is 4.90 Å². The minimum absolute atomic E-state index is 0.0332. The largest absolute Gasteiger partial charge is 0.393 e. The predicted octanol–water partition coefficient (Wildman–Crippen LogP) is 2.96. The van der Waals surface area contributed by atoms with Gasteiger partial charge in [0.1, 0.15) is 0 Å². The number of nitrogens with zero attached hydrogens (tertiary/aromatic N) is 1. The van der Waals surface area contributed by atoms with Gasteiger partial charge in [0.2, 0.25) is 11.8 Å². The first-order valence-corrected chi connectivity index (χ1v) is 7.75. The third-order valence-corrected chi connectivity index (χ3v) is 4.59. The first-order valence-electron chi connectivity index (χ1n) is 7.75. The van der Waals surface area contributed by atoms with Crippen LogP contribution in [0.15, 0.2) is 0 Å². The van der Waals surface area contributed by atoms with E-state index in [0.717, 1.165) is 19.3 Å². The number of aliphatic hydroxyl groups is 1. The highest BCUT2D eigenvalue weighted by Gasteiger charge is 2.40. The monoisotopic (exact) mass is 289 g/mol. The second-order valence-corrected chi connectivity index (χ2v) is 6.40. The van der Waals surface area contributed by atoms with Crippen molar-refractivity contribution in [3.05, 3.63) is 0 Å². The Morgan fingerprint density at radius 3 is 2.55 bits per heavy atom. The Kier molecular flexibility index (Phi) is 4.99. The number of carbonyl (C=O) groups is 1. The number of amides is 1. The van der Waals surface area contributed by atoms with E-state index in [0.29, 0.717) is 25.8 Å². The lowest BCUT2D eigenvalue weighted by Gasteiger charge is -2.40. The summed E-state index contributed by atoms with van der Waals surface area (Å²) in [5.74, 6) is -2.80. The van der Waals surface area contributed by atoms with Crippen LogP contribution in [0.3, 0.4) is 0 Å². The smallest absolute Gasteiger partial charge is 0.248 e. The molecule has 1 N–H and O–H groups in total. The Bertz CT molecular complexity index is 337. The summed E-state index contributed by atoms with van der Waals surface area (Å²) in [7, 11) is 0. The van der Waals surface area contributed by atoms with E-state index in [9.17, 15) is 18.7 Å². The zero-order valence-electron chi connectivity index (χ0n) is 12.2. The maximum atomic E-state index is 13.2. The molecular weight excluding hydrogens is 264 g/mol. The molecule has 116 valence electrons. The molecule has 2 atom stereocenters. The van der Waals surface area contributed by atoms with E-state index >= 15 is 0 Å². The van der Waals surface area contributed by atoms with Gasteiger partial charge in [0.25, 0.3) is 0 Å². The fourth-order valence-electron chi connectivity index (χ4n) is 3.45. The third kappa shape index (κ3) is 3.90. The maximum absolute atomic E-state index is 13.2.